The summed E-state index contributed by atoms with van der Waals surface area (Å²) in [5.74, 6) is 2.34. The minimum atomic E-state index is -0.256. The van der Waals surface area contributed by atoms with Gasteiger partial charge in [-0.2, -0.15) is 0 Å². The molecule has 7 heteroatoms. The predicted molar refractivity (Wildman–Crippen MR) is 105 cm³/mol. The fraction of sp³-hybridized carbons (Fsp3) is 0.350. The van der Waals surface area contributed by atoms with E-state index in [1.807, 2.05) is 18.2 Å². The van der Waals surface area contributed by atoms with Crippen LogP contribution in [0.3, 0.4) is 0 Å². The zero-order chi connectivity index (χ0) is 19.1. The van der Waals surface area contributed by atoms with Gasteiger partial charge in [0.15, 0.2) is 11.5 Å². The van der Waals surface area contributed by atoms with E-state index in [2.05, 4.69) is 20.2 Å². The zero-order valence-corrected chi connectivity index (χ0v) is 15.6. The quantitative estimate of drug-likeness (QED) is 0.790. The Balaban J connectivity index is 1.64. The van der Waals surface area contributed by atoms with Gasteiger partial charge in [0.25, 0.3) is 0 Å². The van der Waals surface area contributed by atoms with Gasteiger partial charge in [0.05, 0.1) is 14.2 Å². The van der Waals surface area contributed by atoms with Crippen LogP contribution in [0.1, 0.15) is 24.8 Å². The number of piperidine rings is 1. The van der Waals surface area contributed by atoms with Gasteiger partial charge in [-0.15, -0.1) is 0 Å². The number of nitrogens with one attached hydrogen (secondary N) is 1. The summed E-state index contributed by atoms with van der Waals surface area (Å²) in [6.07, 6.45) is 8.25. The van der Waals surface area contributed by atoms with Gasteiger partial charge in [-0.1, -0.05) is 6.07 Å². The first kappa shape index (κ1) is 18.7. The van der Waals surface area contributed by atoms with E-state index in [0.29, 0.717) is 17.3 Å². The Morgan fingerprint density at radius 3 is 2.59 bits per heavy atom. The van der Waals surface area contributed by atoms with Crippen LogP contribution in [0.15, 0.2) is 36.7 Å². The molecule has 0 saturated carbocycles. The van der Waals surface area contributed by atoms with Crippen LogP contribution in [-0.4, -0.2) is 43.2 Å². The first-order chi connectivity index (χ1) is 13.2. The maximum absolute atomic E-state index is 12.2. The van der Waals surface area contributed by atoms with Crippen LogP contribution in [0.2, 0.25) is 0 Å². The topological polar surface area (TPSA) is 76.6 Å². The first-order valence-electron chi connectivity index (χ1n) is 8.97. The van der Waals surface area contributed by atoms with E-state index in [9.17, 15) is 4.79 Å². The van der Waals surface area contributed by atoms with Gasteiger partial charge in [-0.25, -0.2) is 9.97 Å². The Morgan fingerprint density at radius 2 is 1.85 bits per heavy atom. The molecule has 1 amide bonds. The summed E-state index contributed by atoms with van der Waals surface area (Å²) in [6.45, 7) is 1.98. The molecule has 1 aromatic carbocycles. The third kappa shape index (κ3) is 4.97. The van der Waals surface area contributed by atoms with Gasteiger partial charge in [0.1, 0.15) is 18.0 Å². The van der Waals surface area contributed by atoms with Crippen molar-refractivity contribution in [3.05, 3.63) is 42.2 Å². The van der Waals surface area contributed by atoms with Crippen molar-refractivity contribution in [3.63, 3.8) is 0 Å². The molecule has 1 N–H and O–H groups in total. The maximum atomic E-state index is 12.2. The normalized spacial score (nSPS) is 14.2. The highest BCUT2D eigenvalue weighted by molar-refractivity contribution is 6.01. The van der Waals surface area contributed by atoms with Crippen molar-refractivity contribution in [2.75, 3.05) is 37.5 Å². The maximum Gasteiger partial charge on any atom is 0.249 e. The van der Waals surface area contributed by atoms with E-state index in [1.165, 1.54) is 31.7 Å². The highest BCUT2D eigenvalue weighted by atomic mass is 16.5. The van der Waals surface area contributed by atoms with Crippen LogP contribution in [0.4, 0.5) is 11.6 Å². The number of amides is 1. The van der Waals surface area contributed by atoms with E-state index < -0.39 is 0 Å². The molecule has 2 heterocycles. The number of anilines is 2. The van der Waals surface area contributed by atoms with Crippen molar-refractivity contribution in [2.45, 2.75) is 19.3 Å². The van der Waals surface area contributed by atoms with Crippen LogP contribution >= 0.6 is 0 Å². The largest absolute Gasteiger partial charge is 0.493 e. The smallest absolute Gasteiger partial charge is 0.249 e. The molecule has 0 unspecified atom stereocenters. The van der Waals surface area contributed by atoms with Crippen molar-refractivity contribution in [3.8, 4) is 11.5 Å². The number of hydrogen-bond acceptors (Lipinski definition) is 6. The number of nitrogens with zero attached hydrogens (tertiary/aromatic N) is 3. The third-order valence-corrected chi connectivity index (χ3v) is 4.42. The molecule has 1 fully saturated rings. The molecule has 0 spiro atoms. The number of rotatable bonds is 6. The van der Waals surface area contributed by atoms with E-state index in [4.69, 9.17) is 9.47 Å². The number of benzene rings is 1. The molecule has 7 nitrogen and oxygen atoms in total. The Hall–Kier alpha value is -3.09. The van der Waals surface area contributed by atoms with Crippen LogP contribution in [0, 0.1) is 0 Å². The molecule has 1 saturated heterocycles. The van der Waals surface area contributed by atoms with Gasteiger partial charge in [0, 0.05) is 25.2 Å². The summed E-state index contributed by atoms with van der Waals surface area (Å²) >= 11 is 0. The fourth-order valence-electron chi connectivity index (χ4n) is 3.01. The van der Waals surface area contributed by atoms with Gasteiger partial charge >= 0.3 is 0 Å². The molecule has 0 atom stereocenters. The SMILES string of the molecule is COc1ccc(/C=C/C(=O)Nc2cc(N3CCCCC3)ncn2)cc1OC. The lowest BCUT2D eigenvalue weighted by Gasteiger charge is -2.27. The molecule has 27 heavy (non-hydrogen) atoms. The molecule has 1 aliphatic rings. The lowest BCUT2D eigenvalue weighted by molar-refractivity contribution is -0.111. The van der Waals surface area contributed by atoms with Crippen LogP contribution in [0.25, 0.3) is 6.08 Å². The number of carbonyl (C=O) groups excluding carboxylic acids is 1. The summed E-state index contributed by atoms with van der Waals surface area (Å²) in [5, 5.41) is 2.78. The average Bonchev–Trinajstić information content (AvgIpc) is 2.73. The molecule has 142 valence electrons. The monoisotopic (exact) mass is 368 g/mol. The van der Waals surface area contributed by atoms with Gasteiger partial charge in [-0.3, -0.25) is 4.79 Å². The summed E-state index contributed by atoms with van der Waals surface area (Å²) in [7, 11) is 3.16. The Labute approximate surface area is 159 Å². The minimum absolute atomic E-state index is 0.256. The summed E-state index contributed by atoms with van der Waals surface area (Å²) < 4.78 is 10.5. The summed E-state index contributed by atoms with van der Waals surface area (Å²) in [6, 6.07) is 7.27. The van der Waals surface area contributed by atoms with Crippen molar-refractivity contribution in [1.29, 1.82) is 0 Å². The second kappa shape index (κ2) is 9.02. The molecule has 1 aliphatic heterocycles. The molecule has 1 aromatic heterocycles. The van der Waals surface area contributed by atoms with E-state index >= 15 is 0 Å². The Kier molecular flexibility index (Phi) is 6.25. The number of ether oxygens (including phenoxy) is 2. The predicted octanol–water partition coefficient (Wildman–Crippen LogP) is 3.14. The first-order valence-corrected chi connectivity index (χ1v) is 8.97. The molecular formula is C20H24N4O3. The molecule has 0 radical (unpaired) electrons. The van der Waals surface area contributed by atoms with Crippen molar-refractivity contribution in [1.82, 2.24) is 9.97 Å². The fourth-order valence-corrected chi connectivity index (χ4v) is 3.01. The lowest BCUT2D eigenvalue weighted by Crippen LogP contribution is -2.30. The summed E-state index contributed by atoms with van der Waals surface area (Å²) in [4.78, 5) is 22.9. The van der Waals surface area contributed by atoms with E-state index in [0.717, 1.165) is 24.5 Å². The van der Waals surface area contributed by atoms with Crippen LogP contribution < -0.4 is 19.7 Å². The Bertz CT molecular complexity index is 817. The zero-order valence-electron chi connectivity index (χ0n) is 15.6. The molecule has 0 bridgehead atoms. The third-order valence-electron chi connectivity index (χ3n) is 4.42. The van der Waals surface area contributed by atoms with E-state index in [-0.39, 0.29) is 5.91 Å². The molecular weight excluding hydrogens is 344 g/mol. The highest BCUT2D eigenvalue weighted by Crippen LogP contribution is 2.28. The van der Waals surface area contributed by atoms with Crippen LogP contribution in [-0.2, 0) is 4.79 Å². The molecule has 3 rings (SSSR count). The minimum Gasteiger partial charge on any atom is -0.493 e. The van der Waals surface area contributed by atoms with Crippen molar-refractivity contribution < 1.29 is 14.3 Å². The van der Waals surface area contributed by atoms with Crippen molar-refractivity contribution in [2.24, 2.45) is 0 Å². The second-order valence-electron chi connectivity index (χ2n) is 6.25. The van der Waals surface area contributed by atoms with Crippen LogP contribution in [0.5, 0.6) is 11.5 Å². The number of carbonyl (C=O) groups is 1. The molecule has 0 aliphatic carbocycles. The Morgan fingerprint density at radius 1 is 1.07 bits per heavy atom. The number of hydrogen-bond donors (Lipinski definition) is 1. The lowest BCUT2D eigenvalue weighted by atomic mass is 10.1. The van der Waals surface area contributed by atoms with Gasteiger partial charge < -0.3 is 19.7 Å². The number of aromatic nitrogens is 2. The summed E-state index contributed by atoms with van der Waals surface area (Å²) in [5.41, 5.74) is 0.833. The standard InChI is InChI=1S/C20H24N4O3/c1-26-16-8-6-15(12-17(16)27-2)7-9-20(25)23-18-13-19(22-14-21-18)24-10-4-3-5-11-24/h6-9,12-14H,3-5,10-11H2,1-2H3,(H,21,22,23,25)/b9-7+. The highest BCUT2D eigenvalue weighted by Gasteiger charge is 2.13. The average molecular weight is 368 g/mol. The second-order valence-corrected chi connectivity index (χ2v) is 6.25. The van der Waals surface area contributed by atoms with Gasteiger partial charge in [-0.05, 0) is 43.0 Å². The molecule has 2 aromatic rings. The number of methoxy groups -OCH3 is 2. The van der Waals surface area contributed by atoms with Gasteiger partial charge in [0.2, 0.25) is 5.91 Å². The van der Waals surface area contributed by atoms with Crippen molar-refractivity contribution >= 4 is 23.6 Å². The van der Waals surface area contributed by atoms with E-state index in [1.54, 1.807) is 26.4 Å².